The van der Waals surface area contributed by atoms with E-state index in [0.717, 1.165) is 12.8 Å². The van der Waals surface area contributed by atoms with Crippen LogP contribution in [0.2, 0.25) is 0 Å². The Morgan fingerprint density at radius 1 is 0.783 bits per heavy atom. The molecule has 1 unspecified atom stereocenters. The van der Waals surface area contributed by atoms with Gasteiger partial charge in [0.25, 0.3) is 0 Å². The first kappa shape index (κ1) is 22.4. The zero-order valence-corrected chi connectivity index (χ0v) is 15.7. The Morgan fingerprint density at radius 2 is 1.17 bits per heavy atom. The number of carbonyl (C=O) groups excluding carboxylic acids is 1. The van der Waals surface area contributed by atoms with Crippen molar-refractivity contribution in [2.45, 2.75) is 116 Å². The van der Waals surface area contributed by atoms with Crippen LogP contribution < -0.4 is 0 Å². The molecule has 0 aliphatic heterocycles. The average molecular weight is 329 g/mol. The van der Waals surface area contributed by atoms with Crippen molar-refractivity contribution in [1.82, 2.24) is 0 Å². The van der Waals surface area contributed by atoms with Crippen LogP contribution in [-0.2, 0) is 9.53 Å². The van der Waals surface area contributed by atoms with E-state index in [1.54, 1.807) is 6.92 Å². The van der Waals surface area contributed by atoms with Gasteiger partial charge in [0.05, 0.1) is 6.10 Å². The summed E-state index contributed by atoms with van der Waals surface area (Å²) in [6, 6.07) is 0. The minimum atomic E-state index is -0.560. The first-order chi connectivity index (χ1) is 11.2. The van der Waals surface area contributed by atoms with Gasteiger partial charge in [-0.3, -0.25) is 4.79 Å². The van der Waals surface area contributed by atoms with Crippen LogP contribution in [0.5, 0.6) is 0 Å². The number of esters is 1. The summed E-state index contributed by atoms with van der Waals surface area (Å²) < 4.78 is 4.93. The topological polar surface area (TPSA) is 46.5 Å². The lowest BCUT2D eigenvalue weighted by Crippen LogP contribution is -2.14. The van der Waals surface area contributed by atoms with Crippen molar-refractivity contribution in [2.75, 3.05) is 6.61 Å². The Hall–Kier alpha value is -0.570. The zero-order chi connectivity index (χ0) is 17.2. The quantitative estimate of drug-likeness (QED) is 0.272. The molecule has 1 atom stereocenters. The highest BCUT2D eigenvalue weighted by Crippen LogP contribution is 2.13. The molecule has 0 aliphatic carbocycles. The summed E-state index contributed by atoms with van der Waals surface area (Å²) in [5.41, 5.74) is 0. The Kier molecular flexibility index (Phi) is 17.3. The van der Waals surface area contributed by atoms with E-state index in [9.17, 15) is 4.79 Å². The summed E-state index contributed by atoms with van der Waals surface area (Å²) in [6.45, 7) is 4.01. The van der Waals surface area contributed by atoms with Crippen LogP contribution in [0, 0.1) is 0 Å². The molecule has 0 saturated heterocycles. The number of ether oxygens (including phenoxy) is 1. The molecule has 138 valence electrons. The molecule has 0 amide bonds. The maximum Gasteiger partial charge on any atom is 0.305 e. The van der Waals surface area contributed by atoms with E-state index in [0.29, 0.717) is 6.42 Å². The molecule has 0 aromatic carbocycles. The molecular formula is C20H40O3. The second kappa shape index (κ2) is 17.8. The van der Waals surface area contributed by atoms with Crippen LogP contribution in [0.3, 0.4) is 0 Å². The minimum Gasteiger partial charge on any atom is -0.463 e. The summed E-state index contributed by atoms with van der Waals surface area (Å²) in [5.74, 6) is -0.176. The van der Waals surface area contributed by atoms with E-state index >= 15 is 0 Å². The maximum atomic E-state index is 11.3. The van der Waals surface area contributed by atoms with Crippen molar-refractivity contribution in [1.29, 1.82) is 0 Å². The third kappa shape index (κ3) is 19.4. The molecule has 0 radical (unpaired) electrons. The minimum absolute atomic E-state index is 0.122. The highest BCUT2D eigenvalue weighted by Gasteiger charge is 2.04. The van der Waals surface area contributed by atoms with E-state index < -0.39 is 6.10 Å². The summed E-state index contributed by atoms with van der Waals surface area (Å²) in [7, 11) is 0. The average Bonchev–Trinajstić information content (AvgIpc) is 2.53. The number of hydrogen-bond donors (Lipinski definition) is 1. The smallest absolute Gasteiger partial charge is 0.305 e. The van der Waals surface area contributed by atoms with Crippen molar-refractivity contribution in [3.05, 3.63) is 0 Å². The molecule has 0 aliphatic rings. The second-order valence-electron chi connectivity index (χ2n) is 6.88. The Bertz CT molecular complexity index is 251. The summed E-state index contributed by atoms with van der Waals surface area (Å²) in [4.78, 5) is 11.3. The van der Waals surface area contributed by atoms with E-state index in [4.69, 9.17) is 9.84 Å². The van der Waals surface area contributed by atoms with Gasteiger partial charge in [0.15, 0.2) is 0 Å². The fraction of sp³-hybridized carbons (Fsp3) is 0.950. The fourth-order valence-corrected chi connectivity index (χ4v) is 2.75. The zero-order valence-electron chi connectivity index (χ0n) is 15.7. The first-order valence-electron chi connectivity index (χ1n) is 10.0. The normalized spacial score (nSPS) is 12.3. The van der Waals surface area contributed by atoms with Gasteiger partial charge in [-0.1, -0.05) is 90.4 Å². The second-order valence-corrected chi connectivity index (χ2v) is 6.88. The monoisotopic (exact) mass is 328 g/mol. The van der Waals surface area contributed by atoms with Gasteiger partial charge in [-0.05, 0) is 13.3 Å². The van der Waals surface area contributed by atoms with Gasteiger partial charge < -0.3 is 9.84 Å². The van der Waals surface area contributed by atoms with E-state index in [2.05, 4.69) is 6.92 Å². The summed E-state index contributed by atoms with van der Waals surface area (Å²) >= 11 is 0. The molecule has 0 bridgehead atoms. The van der Waals surface area contributed by atoms with E-state index in [1.165, 1.54) is 77.0 Å². The number of rotatable bonds is 17. The van der Waals surface area contributed by atoms with Crippen molar-refractivity contribution >= 4 is 5.97 Å². The molecular weight excluding hydrogens is 288 g/mol. The van der Waals surface area contributed by atoms with Crippen molar-refractivity contribution in [3.8, 4) is 0 Å². The van der Waals surface area contributed by atoms with Gasteiger partial charge in [0.1, 0.15) is 6.61 Å². The van der Waals surface area contributed by atoms with Gasteiger partial charge in [-0.2, -0.15) is 0 Å². The summed E-state index contributed by atoms with van der Waals surface area (Å²) in [5, 5.41) is 9.02. The molecule has 0 fully saturated rings. The van der Waals surface area contributed by atoms with Crippen LogP contribution in [0.15, 0.2) is 0 Å². The van der Waals surface area contributed by atoms with Crippen LogP contribution in [-0.4, -0.2) is 23.8 Å². The molecule has 0 spiro atoms. The predicted octanol–water partition coefficient (Wildman–Crippen LogP) is 5.78. The Labute approximate surface area is 144 Å². The molecule has 0 aromatic rings. The van der Waals surface area contributed by atoms with Crippen molar-refractivity contribution in [3.63, 3.8) is 0 Å². The molecule has 1 N–H and O–H groups in total. The predicted molar refractivity (Wildman–Crippen MR) is 97.6 cm³/mol. The third-order valence-electron chi connectivity index (χ3n) is 4.22. The molecule has 0 aromatic heterocycles. The van der Waals surface area contributed by atoms with Gasteiger partial charge in [-0.15, -0.1) is 0 Å². The number of aliphatic hydroxyl groups excluding tert-OH is 1. The lowest BCUT2D eigenvalue weighted by molar-refractivity contribution is -0.146. The largest absolute Gasteiger partial charge is 0.463 e. The van der Waals surface area contributed by atoms with E-state index in [-0.39, 0.29) is 12.6 Å². The first-order valence-corrected chi connectivity index (χ1v) is 10.0. The molecule has 0 saturated carbocycles. The lowest BCUT2D eigenvalue weighted by Gasteiger charge is -2.06. The number of unbranched alkanes of at least 4 members (excludes halogenated alkanes) is 13. The number of hydrogen-bond acceptors (Lipinski definition) is 3. The van der Waals surface area contributed by atoms with Crippen molar-refractivity contribution < 1.29 is 14.6 Å². The van der Waals surface area contributed by atoms with Gasteiger partial charge >= 0.3 is 5.97 Å². The van der Waals surface area contributed by atoms with E-state index in [1.807, 2.05) is 0 Å². The molecule has 3 heteroatoms. The standard InChI is InChI=1S/C20H40O3/c1-3-4-5-6-7-8-9-10-11-12-13-14-15-16-17-20(22)23-18-19(2)21/h19,21H,3-18H2,1-2H3. The van der Waals surface area contributed by atoms with Gasteiger partial charge in [0, 0.05) is 6.42 Å². The van der Waals surface area contributed by atoms with Crippen molar-refractivity contribution in [2.24, 2.45) is 0 Å². The molecule has 0 rings (SSSR count). The SMILES string of the molecule is CCCCCCCCCCCCCCCCC(=O)OCC(C)O. The third-order valence-corrected chi connectivity index (χ3v) is 4.22. The summed E-state index contributed by atoms with van der Waals surface area (Å²) in [6.07, 6.45) is 18.4. The highest BCUT2D eigenvalue weighted by atomic mass is 16.5. The van der Waals surface area contributed by atoms with Gasteiger partial charge in [-0.25, -0.2) is 0 Å². The lowest BCUT2D eigenvalue weighted by atomic mass is 10.0. The van der Waals surface area contributed by atoms with Crippen LogP contribution in [0.1, 0.15) is 110 Å². The highest BCUT2D eigenvalue weighted by molar-refractivity contribution is 5.69. The van der Waals surface area contributed by atoms with Crippen LogP contribution in [0.25, 0.3) is 0 Å². The van der Waals surface area contributed by atoms with Gasteiger partial charge in [0.2, 0.25) is 0 Å². The molecule has 23 heavy (non-hydrogen) atoms. The fourth-order valence-electron chi connectivity index (χ4n) is 2.75. The Balaban J connectivity index is 3.09. The molecule has 0 heterocycles. The number of carbonyl (C=O) groups is 1. The molecule has 3 nitrogen and oxygen atoms in total. The van der Waals surface area contributed by atoms with Crippen LogP contribution >= 0.6 is 0 Å². The van der Waals surface area contributed by atoms with Crippen LogP contribution in [0.4, 0.5) is 0 Å². The Morgan fingerprint density at radius 3 is 1.57 bits per heavy atom. The number of aliphatic hydroxyl groups is 1. The maximum absolute atomic E-state index is 11.3.